The number of benzene rings is 1. The van der Waals surface area contributed by atoms with Crippen molar-refractivity contribution in [2.75, 3.05) is 52.4 Å². The number of carbonyl (C=O) groups excluding carboxylic acids is 2. The number of rotatable bonds is 6. The van der Waals surface area contributed by atoms with Gasteiger partial charge in [-0.05, 0) is 33.6 Å². The van der Waals surface area contributed by atoms with Crippen molar-refractivity contribution >= 4 is 11.9 Å². The average molecular weight is 469 g/mol. The van der Waals surface area contributed by atoms with Gasteiger partial charge >= 0.3 is 6.03 Å². The van der Waals surface area contributed by atoms with Gasteiger partial charge in [-0.1, -0.05) is 35.5 Å². The largest absolute Gasteiger partial charge is 0.340 e. The Kier molecular flexibility index (Phi) is 7.82. The molecule has 34 heavy (non-hydrogen) atoms. The van der Waals surface area contributed by atoms with Crippen molar-refractivity contribution in [2.24, 2.45) is 5.92 Å². The summed E-state index contributed by atoms with van der Waals surface area (Å²) in [5.74, 6) is 1.44. The average Bonchev–Trinajstić information content (AvgIpc) is 3.40. The van der Waals surface area contributed by atoms with Gasteiger partial charge in [0.15, 0.2) is 0 Å². The fourth-order valence-electron chi connectivity index (χ4n) is 4.87. The van der Waals surface area contributed by atoms with Crippen molar-refractivity contribution in [1.82, 2.24) is 29.7 Å². The lowest BCUT2D eigenvalue weighted by Gasteiger charge is -2.40. The molecule has 2 aliphatic heterocycles. The summed E-state index contributed by atoms with van der Waals surface area (Å²) in [7, 11) is 0. The van der Waals surface area contributed by atoms with Crippen molar-refractivity contribution in [3.05, 3.63) is 36.2 Å². The Balaban J connectivity index is 1.26. The Morgan fingerprint density at radius 2 is 1.65 bits per heavy atom. The van der Waals surface area contributed by atoms with Crippen LogP contribution in [0.5, 0.6) is 0 Å². The van der Waals surface area contributed by atoms with E-state index in [4.69, 9.17) is 4.52 Å². The first kappa shape index (κ1) is 24.2. The first-order valence-corrected chi connectivity index (χ1v) is 12.5. The molecule has 3 amide bonds. The number of aromatic nitrogens is 2. The summed E-state index contributed by atoms with van der Waals surface area (Å²) in [6.07, 6.45) is 1.49. The van der Waals surface area contributed by atoms with Gasteiger partial charge in [0.2, 0.25) is 17.6 Å². The van der Waals surface area contributed by atoms with Gasteiger partial charge in [-0.25, -0.2) is 4.79 Å². The number of likely N-dealkylation sites (tertiary alicyclic amines) is 1. The van der Waals surface area contributed by atoms with Crippen LogP contribution < -0.4 is 0 Å². The van der Waals surface area contributed by atoms with Crippen LogP contribution >= 0.6 is 0 Å². The molecule has 1 aromatic heterocycles. The Hall–Kier alpha value is -2.94. The minimum Gasteiger partial charge on any atom is -0.340 e. The number of piperazine rings is 1. The molecule has 9 heteroatoms. The number of amides is 3. The van der Waals surface area contributed by atoms with Gasteiger partial charge in [-0.2, -0.15) is 4.98 Å². The van der Waals surface area contributed by atoms with Crippen LogP contribution in [0.2, 0.25) is 0 Å². The summed E-state index contributed by atoms with van der Waals surface area (Å²) in [6, 6.07) is 9.89. The highest BCUT2D eigenvalue weighted by Gasteiger charge is 2.34. The van der Waals surface area contributed by atoms with Gasteiger partial charge in [0.1, 0.15) is 0 Å². The molecule has 2 saturated heterocycles. The molecule has 2 aliphatic rings. The van der Waals surface area contributed by atoms with Gasteiger partial charge in [0.25, 0.3) is 0 Å². The topological polar surface area (TPSA) is 86.0 Å². The lowest BCUT2D eigenvalue weighted by molar-refractivity contribution is -0.139. The highest BCUT2D eigenvalue weighted by molar-refractivity contribution is 5.80. The van der Waals surface area contributed by atoms with Gasteiger partial charge < -0.3 is 19.2 Å². The van der Waals surface area contributed by atoms with E-state index in [0.717, 1.165) is 31.5 Å². The number of piperidine rings is 1. The molecular formula is C25H36N6O3. The van der Waals surface area contributed by atoms with Crippen LogP contribution in [0.25, 0.3) is 11.4 Å². The van der Waals surface area contributed by atoms with E-state index in [2.05, 4.69) is 22.0 Å². The second kappa shape index (κ2) is 11.0. The predicted octanol–water partition coefficient (Wildman–Crippen LogP) is 3.12. The van der Waals surface area contributed by atoms with Crippen LogP contribution in [0, 0.1) is 5.92 Å². The third-order valence-corrected chi connectivity index (χ3v) is 7.15. The summed E-state index contributed by atoms with van der Waals surface area (Å²) < 4.78 is 5.55. The maximum atomic E-state index is 13.1. The number of hydrogen-bond acceptors (Lipinski definition) is 6. The molecule has 2 fully saturated rings. The smallest absolute Gasteiger partial charge is 0.319 e. The van der Waals surface area contributed by atoms with Crippen molar-refractivity contribution in [3.8, 4) is 11.4 Å². The van der Waals surface area contributed by atoms with E-state index in [1.165, 1.54) is 0 Å². The first-order chi connectivity index (χ1) is 16.5. The fourth-order valence-corrected chi connectivity index (χ4v) is 4.87. The van der Waals surface area contributed by atoms with Crippen LogP contribution in [0.4, 0.5) is 4.79 Å². The van der Waals surface area contributed by atoms with Crippen LogP contribution in [0.1, 0.15) is 45.5 Å². The number of hydrogen-bond donors (Lipinski definition) is 0. The molecule has 0 spiro atoms. The molecule has 0 aliphatic carbocycles. The zero-order valence-electron chi connectivity index (χ0n) is 20.5. The quantitative estimate of drug-likeness (QED) is 0.648. The standard InChI is InChI=1S/C25H36N6O3/c1-4-28(5-2)25(33)31-13-11-21(12-14-31)24(32)30-17-15-29(16-18-30)19(3)23-26-22(27-34-23)20-9-7-6-8-10-20/h6-10,19,21H,4-5,11-18H2,1-3H3. The van der Waals surface area contributed by atoms with E-state index in [0.29, 0.717) is 51.0 Å². The molecule has 1 unspecified atom stereocenters. The Labute approximate surface area is 201 Å². The van der Waals surface area contributed by atoms with Gasteiger partial charge in [-0.3, -0.25) is 9.69 Å². The normalized spacial score (nSPS) is 18.7. The highest BCUT2D eigenvalue weighted by Crippen LogP contribution is 2.25. The maximum absolute atomic E-state index is 13.1. The van der Waals surface area contributed by atoms with E-state index >= 15 is 0 Å². The minimum atomic E-state index is -0.00320. The fraction of sp³-hybridized carbons (Fsp3) is 0.600. The summed E-state index contributed by atoms with van der Waals surface area (Å²) in [5.41, 5.74) is 0.935. The zero-order valence-corrected chi connectivity index (χ0v) is 20.5. The van der Waals surface area contributed by atoms with Gasteiger partial charge in [-0.15, -0.1) is 0 Å². The van der Waals surface area contributed by atoms with E-state index in [9.17, 15) is 9.59 Å². The molecule has 9 nitrogen and oxygen atoms in total. The molecule has 1 atom stereocenters. The third kappa shape index (κ3) is 5.24. The summed E-state index contributed by atoms with van der Waals surface area (Å²) in [4.78, 5) is 38.3. The molecule has 0 saturated carbocycles. The third-order valence-electron chi connectivity index (χ3n) is 7.15. The Morgan fingerprint density at radius 1 is 1.00 bits per heavy atom. The first-order valence-electron chi connectivity index (χ1n) is 12.5. The number of carbonyl (C=O) groups is 2. The summed E-state index contributed by atoms with van der Waals surface area (Å²) in [5, 5.41) is 4.14. The van der Waals surface area contributed by atoms with E-state index in [1.807, 2.05) is 58.9 Å². The molecule has 2 aromatic rings. The maximum Gasteiger partial charge on any atom is 0.319 e. The molecule has 0 radical (unpaired) electrons. The molecular weight excluding hydrogens is 432 g/mol. The van der Waals surface area contributed by atoms with Crippen molar-refractivity contribution < 1.29 is 14.1 Å². The van der Waals surface area contributed by atoms with Crippen LogP contribution in [0.15, 0.2) is 34.9 Å². The predicted molar refractivity (Wildman–Crippen MR) is 129 cm³/mol. The lowest BCUT2D eigenvalue weighted by atomic mass is 9.95. The zero-order chi connectivity index (χ0) is 24.1. The molecule has 0 bridgehead atoms. The van der Waals surface area contributed by atoms with Gasteiger partial charge in [0.05, 0.1) is 6.04 Å². The molecule has 184 valence electrons. The van der Waals surface area contributed by atoms with Crippen LogP contribution in [-0.2, 0) is 4.79 Å². The number of urea groups is 1. The van der Waals surface area contributed by atoms with Crippen LogP contribution in [0.3, 0.4) is 0 Å². The van der Waals surface area contributed by atoms with Crippen molar-refractivity contribution in [1.29, 1.82) is 0 Å². The number of nitrogens with zero attached hydrogens (tertiary/aromatic N) is 6. The second-order valence-corrected chi connectivity index (χ2v) is 9.08. The SMILES string of the molecule is CCN(CC)C(=O)N1CCC(C(=O)N2CCN(C(C)c3nc(-c4ccccc4)no3)CC2)CC1. The second-order valence-electron chi connectivity index (χ2n) is 9.08. The minimum absolute atomic E-state index is 0.00320. The van der Waals surface area contributed by atoms with Gasteiger partial charge in [0, 0.05) is 63.8 Å². The Morgan fingerprint density at radius 3 is 2.26 bits per heavy atom. The lowest BCUT2D eigenvalue weighted by Crippen LogP contribution is -2.53. The molecule has 3 heterocycles. The molecule has 4 rings (SSSR count). The molecule has 0 N–H and O–H groups in total. The summed E-state index contributed by atoms with van der Waals surface area (Å²) in [6.45, 7) is 11.8. The van der Waals surface area contributed by atoms with E-state index in [-0.39, 0.29) is 23.9 Å². The van der Waals surface area contributed by atoms with Crippen LogP contribution in [-0.4, -0.2) is 94.0 Å². The Bertz CT molecular complexity index is 945. The van der Waals surface area contributed by atoms with Crippen molar-refractivity contribution in [3.63, 3.8) is 0 Å². The summed E-state index contributed by atoms with van der Waals surface area (Å²) >= 11 is 0. The monoisotopic (exact) mass is 468 g/mol. The molecule has 1 aromatic carbocycles. The van der Waals surface area contributed by atoms with E-state index < -0.39 is 0 Å². The highest BCUT2D eigenvalue weighted by atomic mass is 16.5. The van der Waals surface area contributed by atoms with E-state index in [1.54, 1.807) is 0 Å². The van der Waals surface area contributed by atoms with Crippen molar-refractivity contribution in [2.45, 2.75) is 39.7 Å².